The summed E-state index contributed by atoms with van der Waals surface area (Å²) in [4.78, 5) is 20.6. The molecule has 7 heteroatoms. The molecule has 0 atom stereocenters. The van der Waals surface area contributed by atoms with Crippen LogP contribution in [0.2, 0.25) is 0 Å². The van der Waals surface area contributed by atoms with Crippen LogP contribution in [0.15, 0.2) is 61.1 Å². The van der Waals surface area contributed by atoms with Crippen LogP contribution in [-0.2, 0) is 6.54 Å². The molecule has 2 amide bonds. The van der Waals surface area contributed by atoms with Crippen LogP contribution in [-0.4, -0.2) is 22.8 Å². The number of amides is 2. The van der Waals surface area contributed by atoms with Crippen molar-refractivity contribution in [3.63, 3.8) is 0 Å². The Morgan fingerprint density at radius 1 is 1.08 bits per heavy atom. The van der Waals surface area contributed by atoms with Crippen LogP contribution < -0.4 is 20.1 Å². The van der Waals surface area contributed by atoms with Gasteiger partial charge in [0, 0.05) is 42.5 Å². The normalized spacial score (nSPS) is 11.8. The summed E-state index contributed by atoms with van der Waals surface area (Å²) in [6.45, 7) is 0.582. The molecule has 0 bridgehead atoms. The van der Waals surface area contributed by atoms with E-state index < -0.39 is 0 Å². The molecule has 1 aliphatic heterocycles. The molecule has 0 fully saturated rings. The maximum absolute atomic E-state index is 12.1. The van der Waals surface area contributed by atoms with Gasteiger partial charge < -0.3 is 20.1 Å². The van der Waals surface area contributed by atoms with Crippen LogP contribution >= 0.6 is 0 Å². The first-order valence-corrected chi connectivity index (χ1v) is 8.08. The fraction of sp³-hybridized carbons (Fsp3) is 0.105. The Morgan fingerprint density at radius 2 is 2.00 bits per heavy atom. The number of benzene rings is 1. The number of pyridine rings is 2. The lowest BCUT2D eigenvalue weighted by molar-refractivity contribution is 0.174. The Balaban J connectivity index is 1.37. The lowest BCUT2D eigenvalue weighted by Crippen LogP contribution is -2.28. The number of hydrogen-bond donors (Lipinski definition) is 2. The van der Waals surface area contributed by atoms with Crippen molar-refractivity contribution in [1.82, 2.24) is 15.3 Å². The smallest absolute Gasteiger partial charge is 0.319 e. The van der Waals surface area contributed by atoms with Crippen LogP contribution in [0.1, 0.15) is 5.56 Å². The first-order chi connectivity index (χ1) is 12.8. The topological polar surface area (TPSA) is 85.4 Å². The Morgan fingerprint density at radius 3 is 2.88 bits per heavy atom. The fourth-order valence-electron chi connectivity index (χ4n) is 2.59. The van der Waals surface area contributed by atoms with Crippen molar-refractivity contribution in [2.45, 2.75) is 6.54 Å². The van der Waals surface area contributed by atoms with Gasteiger partial charge in [-0.05, 0) is 42.0 Å². The summed E-state index contributed by atoms with van der Waals surface area (Å²) < 4.78 is 10.5. The maximum Gasteiger partial charge on any atom is 0.319 e. The van der Waals surface area contributed by atoms with E-state index in [1.54, 1.807) is 36.8 Å². The second kappa shape index (κ2) is 7.10. The SMILES string of the molecule is O=C(NCc1ccnc(-c2cccnc2)c1)Nc1ccc2c(c1)OCO2. The number of nitrogens with one attached hydrogen (secondary N) is 2. The minimum atomic E-state index is -0.302. The van der Waals surface area contributed by atoms with Crippen LogP contribution in [0.3, 0.4) is 0 Å². The molecule has 2 N–H and O–H groups in total. The van der Waals surface area contributed by atoms with Gasteiger partial charge in [0.25, 0.3) is 0 Å². The number of ether oxygens (including phenoxy) is 2. The first-order valence-electron chi connectivity index (χ1n) is 8.08. The molecule has 7 nitrogen and oxygen atoms in total. The Hall–Kier alpha value is -3.61. The van der Waals surface area contributed by atoms with Crippen molar-refractivity contribution in [2.75, 3.05) is 12.1 Å². The van der Waals surface area contributed by atoms with Gasteiger partial charge in [-0.2, -0.15) is 0 Å². The molecule has 0 saturated heterocycles. The van der Waals surface area contributed by atoms with Crippen molar-refractivity contribution in [3.05, 3.63) is 66.6 Å². The van der Waals surface area contributed by atoms with E-state index in [4.69, 9.17) is 9.47 Å². The molecule has 26 heavy (non-hydrogen) atoms. The molecule has 0 radical (unpaired) electrons. The number of carbonyl (C=O) groups excluding carboxylic acids is 1. The second-order valence-electron chi connectivity index (χ2n) is 5.67. The molecule has 3 heterocycles. The highest BCUT2D eigenvalue weighted by molar-refractivity contribution is 5.89. The van der Waals surface area contributed by atoms with E-state index >= 15 is 0 Å². The number of nitrogens with zero attached hydrogens (tertiary/aromatic N) is 2. The molecule has 0 spiro atoms. The number of anilines is 1. The summed E-state index contributed by atoms with van der Waals surface area (Å²) in [5.74, 6) is 1.30. The Bertz CT molecular complexity index is 931. The summed E-state index contributed by atoms with van der Waals surface area (Å²) in [5.41, 5.74) is 3.32. The van der Waals surface area contributed by atoms with E-state index in [-0.39, 0.29) is 12.8 Å². The number of hydrogen-bond acceptors (Lipinski definition) is 5. The monoisotopic (exact) mass is 348 g/mol. The third-order valence-electron chi connectivity index (χ3n) is 3.87. The highest BCUT2D eigenvalue weighted by Crippen LogP contribution is 2.34. The van der Waals surface area contributed by atoms with E-state index in [2.05, 4.69) is 20.6 Å². The molecule has 0 saturated carbocycles. The van der Waals surface area contributed by atoms with Crippen LogP contribution in [0.5, 0.6) is 11.5 Å². The van der Waals surface area contributed by atoms with Gasteiger partial charge in [0.2, 0.25) is 6.79 Å². The number of rotatable bonds is 4. The highest BCUT2D eigenvalue weighted by Gasteiger charge is 2.14. The van der Waals surface area contributed by atoms with E-state index in [1.807, 2.05) is 24.3 Å². The zero-order valence-corrected chi connectivity index (χ0v) is 13.8. The lowest BCUT2D eigenvalue weighted by atomic mass is 10.1. The molecule has 1 aromatic carbocycles. The Labute approximate surface area is 150 Å². The van der Waals surface area contributed by atoms with Crippen LogP contribution in [0.4, 0.5) is 10.5 Å². The number of aromatic nitrogens is 2. The van der Waals surface area contributed by atoms with Crippen LogP contribution in [0, 0.1) is 0 Å². The number of carbonyl (C=O) groups is 1. The minimum Gasteiger partial charge on any atom is -0.454 e. The molecule has 130 valence electrons. The third kappa shape index (κ3) is 3.56. The van der Waals surface area contributed by atoms with Gasteiger partial charge in [0.1, 0.15) is 0 Å². The maximum atomic E-state index is 12.1. The largest absolute Gasteiger partial charge is 0.454 e. The minimum absolute atomic E-state index is 0.201. The first kappa shape index (κ1) is 15.9. The van der Waals surface area contributed by atoms with E-state index in [1.165, 1.54) is 0 Å². The van der Waals surface area contributed by atoms with Crippen molar-refractivity contribution in [1.29, 1.82) is 0 Å². The summed E-state index contributed by atoms with van der Waals surface area (Å²) in [5, 5.41) is 5.61. The van der Waals surface area contributed by atoms with Crippen molar-refractivity contribution in [2.24, 2.45) is 0 Å². The Kier molecular flexibility index (Phi) is 4.34. The van der Waals surface area contributed by atoms with Gasteiger partial charge in [-0.15, -0.1) is 0 Å². The average molecular weight is 348 g/mol. The van der Waals surface area contributed by atoms with E-state index in [9.17, 15) is 4.79 Å². The third-order valence-corrected chi connectivity index (χ3v) is 3.87. The zero-order chi connectivity index (χ0) is 17.8. The van der Waals surface area contributed by atoms with Gasteiger partial charge in [0.15, 0.2) is 11.5 Å². The summed E-state index contributed by atoms with van der Waals surface area (Å²) in [6, 6.07) is 12.6. The lowest BCUT2D eigenvalue weighted by Gasteiger charge is -2.09. The summed E-state index contributed by atoms with van der Waals surface area (Å²) in [6.07, 6.45) is 5.19. The molecule has 4 rings (SSSR count). The molecular formula is C19H16N4O3. The molecule has 1 aliphatic rings. The average Bonchev–Trinajstić information content (AvgIpc) is 3.15. The standard InChI is InChI=1S/C19H16N4O3/c24-19(23-15-3-4-17-18(9-15)26-12-25-17)22-10-13-5-7-21-16(8-13)14-2-1-6-20-11-14/h1-9,11H,10,12H2,(H2,22,23,24). The van der Waals surface area contributed by atoms with Gasteiger partial charge >= 0.3 is 6.03 Å². The molecule has 2 aromatic heterocycles. The molecule has 0 aliphatic carbocycles. The molecule has 3 aromatic rings. The predicted octanol–water partition coefficient (Wildman–Crippen LogP) is 3.19. The fourth-order valence-corrected chi connectivity index (χ4v) is 2.59. The van der Waals surface area contributed by atoms with Gasteiger partial charge in [-0.3, -0.25) is 9.97 Å². The summed E-state index contributed by atoms with van der Waals surface area (Å²) >= 11 is 0. The number of fused-ring (bicyclic) bond motifs is 1. The van der Waals surface area contributed by atoms with Gasteiger partial charge in [-0.25, -0.2) is 4.79 Å². The van der Waals surface area contributed by atoms with Gasteiger partial charge in [-0.1, -0.05) is 0 Å². The van der Waals surface area contributed by atoms with Crippen LogP contribution in [0.25, 0.3) is 11.3 Å². The van der Waals surface area contributed by atoms with E-state index in [0.29, 0.717) is 23.7 Å². The zero-order valence-electron chi connectivity index (χ0n) is 13.8. The van der Waals surface area contributed by atoms with Crippen molar-refractivity contribution < 1.29 is 14.3 Å². The molecule has 0 unspecified atom stereocenters. The van der Waals surface area contributed by atoms with Crippen molar-refractivity contribution in [3.8, 4) is 22.8 Å². The van der Waals surface area contributed by atoms with Crippen molar-refractivity contribution >= 4 is 11.7 Å². The predicted molar refractivity (Wildman–Crippen MR) is 95.9 cm³/mol. The van der Waals surface area contributed by atoms with E-state index in [0.717, 1.165) is 16.8 Å². The molecular weight excluding hydrogens is 332 g/mol. The van der Waals surface area contributed by atoms with Gasteiger partial charge in [0.05, 0.1) is 5.69 Å². The number of urea groups is 1. The quantitative estimate of drug-likeness (QED) is 0.756. The summed E-state index contributed by atoms with van der Waals surface area (Å²) in [7, 11) is 0. The highest BCUT2D eigenvalue weighted by atomic mass is 16.7. The second-order valence-corrected chi connectivity index (χ2v) is 5.67.